The van der Waals surface area contributed by atoms with Crippen molar-refractivity contribution in [1.82, 2.24) is 10.2 Å². The third-order valence-electron chi connectivity index (χ3n) is 6.87. The zero-order valence-electron chi connectivity index (χ0n) is 16.1. The number of benzene rings is 1. The molecule has 0 unspecified atom stereocenters. The molecule has 3 saturated carbocycles. The molecule has 154 valence electrons. The zero-order valence-corrected chi connectivity index (χ0v) is 16.1. The topological polar surface area (TPSA) is 41.6 Å². The molecule has 1 aromatic rings. The lowest BCUT2D eigenvalue weighted by Crippen LogP contribution is -2.70. The Hall–Kier alpha value is -1.60. The van der Waals surface area contributed by atoms with Gasteiger partial charge in [0.1, 0.15) is 0 Å². The number of nitrogens with zero attached hydrogens (tertiary/aromatic N) is 1. The molecule has 1 saturated heterocycles. The van der Waals surface area contributed by atoms with Gasteiger partial charge in [-0.1, -0.05) is 12.1 Å². The molecule has 1 N–H and O–H groups in total. The van der Waals surface area contributed by atoms with Crippen LogP contribution in [0.15, 0.2) is 24.3 Å². The summed E-state index contributed by atoms with van der Waals surface area (Å²) < 4.78 is 43.3. The Labute approximate surface area is 163 Å². The molecule has 1 amide bonds. The van der Waals surface area contributed by atoms with Gasteiger partial charge in [-0.3, -0.25) is 4.79 Å². The molecule has 1 heterocycles. The Bertz CT molecular complexity index is 704. The molecule has 2 bridgehead atoms. The minimum absolute atomic E-state index is 0.0923. The first-order valence-electron chi connectivity index (χ1n) is 9.96. The highest BCUT2D eigenvalue weighted by atomic mass is 19.4. The van der Waals surface area contributed by atoms with Crippen LogP contribution in [0.3, 0.4) is 0 Å². The fourth-order valence-corrected chi connectivity index (χ4v) is 5.21. The molecule has 3 aliphatic carbocycles. The van der Waals surface area contributed by atoms with Crippen molar-refractivity contribution in [2.45, 2.75) is 49.7 Å². The van der Waals surface area contributed by atoms with E-state index in [0.29, 0.717) is 0 Å². The van der Waals surface area contributed by atoms with E-state index in [1.807, 2.05) is 0 Å². The summed E-state index contributed by atoms with van der Waals surface area (Å²) in [5, 5.41) is 3.23. The lowest BCUT2D eigenvalue weighted by Gasteiger charge is -2.70. The van der Waals surface area contributed by atoms with Crippen molar-refractivity contribution in [2.75, 3.05) is 33.4 Å². The Kier molecular flexibility index (Phi) is 4.94. The number of piperidine rings is 1. The van der Waals surface area contributed by atoms with Gasteiger partial charge in [0.15, 0.2) is 0 Å². The number of hydrogen-bond acceptors (Lipinski definition) is 3. The summed E-state index contributed by atoms with van der Waals surface area (Å²) in [6.07, 6.45) is -0.138. The van der Waals surface area contributed by atoms with E-state index in [9.17, 15) is 18.0 Å². The predicted octanol–water partition coefficient (Wildman–Crippen LogP) is 3.35. The highest BCUT2D eigenvalue weighted by Crippen LogP contribution is 2.73. The van der Waals surface area contributed by atoms with Crippen molar-refractivity contribution in [2.24, 2.45) is 5.41 Å². The molecule has 28 heavy (non-hydrogen) atoms. The number of hydrogen-bond donors (Lipinski definition) is 1. The molecular weight excluding hydrogens is 369 g/mol. The van der Waals surface area contributed by atoms with Crippen molar-refractivity contribution in [3.8, 4) is 0 Å². The number of methoxy groups -OCH3 is 1. The van der Waals surface area contributed by atoms with Crippen molar-refractivity contribution < 1.29 is 22.7 Å². The standard InChI is InChI=1S/C21H27F3N2O2/c1-28-11-10-26-8-6-17(7-9-26)25-18(27)20-12-19(13-20,14-20)15-2-4-16(5-3-15)21(22,23)24/h2-5,17H,6-14H2,1H3,(H,25,27). The quantitative estimate of drug-likeness (QED) is 0.802. The Morgan fingerprint density at radius 2 is 1.79 bits per heavy atom. The summed E-state index contributed by atoms with van der Waals surface area (Å²) in [5.74, 6) is 0.136. The Balaban J connectivity index is 1.27. The van der Waals surface area contributed by atoms with E-state index in [0.717, 1.165) is 76.0 Å². The van der Waals surface area contributed by atoms with Crippen LogP contribution in [0.25, 0.3) is 0 Å². The van der Waals surface area contributed by atoms with Crippen LogP contribution in [0.1, 0.15) is 43.2 Å². The number of carbonyl (C=O) groups excluding carboxylic acids is 1. The SMILES string of the molecule is COCCN1CCC(NC(=O)C23CC(c4ccc(C(F)(F)F)cc4)(C2)C3)CC1. The van der Waals surface area contributed by atoms with Crippen molar-refractivity contribution >= 4 is 5.91 Å². The third kappa shape index (κ3) is 3.43. The first kappa shape index (κ1) is 19.7. The summed E-state index contributed by atoms with van der Waals surface area (Å²) in [4.78, 5) is 15.1. The number of halogens is 3. The second-order valence-electron chi connectivity index (χ2n) is 8.75. The van der Waals surface area contributed by atoms with Gasteiger partial charge in [0.2, 0.25) is 5.91 Å². The molecule has 4 nitrogen and oxygen atoms in total. The minimum Gasteiger partial charge on any atom is -0.383 e. The van der Waals surface area contributed by atoms with Gasteiger partial charge < -0.3 is 15.0 Å². The number of ether oxygens (including phenoxy) is 1. The van der Waals surface area contributed by atoms with Gasteiger partial charge >= 0.3 is 6.18 Å². The van der Waals surface area contributed by atoms with Crippen LogP contribution in [0, 0.1) is 5.41 Å². The minimum atomic E-state index is -4.31. The van der Waals surface area contributed by atoms with Gasteiger partial charge in [0, 0.05) is 32.8 Å². The van der Waals surface area contributed by atoms with Crippen LogP contribution < -0.4 is 5.32 Å². The monoisotopic (exact) mass is 396 g/mol. The van der Waals surface area contributed by atoms with Crippen molar-refractivity contribution in [3.63, 3.8) is 0 Å². The van der Waals surface area contributed by atoms with Crippen LogP contribution in [0.5, 0.6) is 0 Å². The molecular formula is C21H27F3N2O2. The van der Waals surface area contributed by atoms with Gasteiger partial charge in [-0.05, 0) is 55.2 Å². The van der Waals surface area contributed by atoms with Crippen molar-refractivity contribution in [1.29, 1.82) is 0 Å². The molecule has 0 spiro atoms. The Morgan fingerprint density at radius 1 is 1.18 bits per heavy atom. The summed E-state index contributed by atoms with van der Waals surface area (Å²) in [5.41, 5.74) is -0.0744. The average Bonchev–Trinajstić information content (AvgIpc) is 2.58. The van der Waals surface area contributed by atoms with Crippen LogP contribution in [0.2, 0.25) is 0 Å². The second kappa shape index (κ2) is 7.02. The molecule has 0 aromatic heterocycles. The van der Waals surface area contributed by atoms with E-state index in [2.05, 4.69) is 10.2 Å². The van der Waals surface area contributed by atoms with E-state index >= 15 is 0 Å². The van der Waals surface area contributed by atoms with Gasteiger partial charge in [0.05, 0.1) is 17.6 Å². The molecule has 0 radical (unpaired) electrons. The highest BCUT2D eigenvalue weighted by molar-refractivity contribution is 5.87. The van der Waals surface area contributed by atoms with Gasteiger partial charge in [-0.15, -0.1) is 0 Å². The fraction of sp³-hybridized carbons (Fsp3) is 0.667. The third-order valence-corrected chi connectivity index (χ3v) is 6.87. The fourth-order valence-electron chi connectivity index (χ4n) is 5.21. The molecule has 7 heteroatoms. The van der Waals surface area contributed by atoms with E-state index in [1.165, 1.54) is 0 Å². The Morgan fingerprint density at radius 3 is 2.32 bits per heavy atom. The van der Waals surface area contributed by atoms with E-state index in [4.69, 9.17) is 4.74 Å². The largest absolute Gasteiger partial charge is 0.416 e. The summed E-state index contributed by atoms with van der Waals surface area (Å²) >= 11 is 0. The van der Waals surface area contributed by atoms with E-state index in [1.54, 1.807) is 19.2 Å². The number of carbonyl (C=O) groups is 1. The van der Waals surface area contributed by atoms with Crippen molar-refractivity contribution in [3.05, 3.63) is 35.4 Å². The number of nitrogens with one attached hydrogen (secondary N) is 1. The normalized spacial score (nSPS) is 30.4. The number of alkyl halides is 3. The second-order valence-corrected chi connectivity index (χ2v) is 8.75. The molecule has 0 atom stereocenters. The number of rotatable bonds is 6. The lowest BCUT2D eigenvalue weighted by molar-refractivity contribution is -0.177. The molecule has 4 fully saturated rings. The maximum absolute atomic E-state index is 12.8. The van der Waals surface area contributed by atoms with Crippen LogP contribution in [-0.2, 0) is 21.1 Å². The average molecular weight is 396 g/mol. The molecule has 5 rings (SSSR count). The molecule has 4 aliphatic rings. The predicted molar refractivity (Wildman–Crippen MR) is 98.9 cm³/mol. The van der Waals surface area contributed by atoms with Gasteiger partial charge in [-0.2, -0.15) is 13.2 Å². The maximum atomic E-state index is 12.8. The maximum Gasteiger partial charge on any atom is 0.416 e. The summed E-state index contributed by atoms with van der Waals surface area (Å²) in [6, 6.07) is 5.70. The lowest BCUT2D eigenvalue weighted by atomic mass is 9.33. The molecule has 1 aromatic carbocycles. The smallest absolute Gasteiger partial charge is 0.383 e. The van der Waals surface area contributed by atoms with Crippen LogP contribution >= 0.6 is 0 Å². The van der Waals surface area contributed by atoms with Gasteiger partial charge in [0.25, 0.3) is 0 Å². The highest BCUT2D eigenvalue weighted by Gasteiger charge is 2.71. The summed E-state index contributed by atoms with van der Waals surface area (Å²) in [6.45, 7) is 3.59. The first-order chi connectivity index (χ1) is 13.3. The zero-order chi connectivity index (χ0) is 20.0. The summed E-state index contributed by atoms with van der Waals surface area (Å²) in [7, 11) is 1.70. The number of amides is 1. The first-order valence-corrected chi connectivity index (χ1v) is 9.96. The van der Waals surface area contributed by atoms with Crippen LogP contribution in [0.4, 0.5) is 13.2 Å². The van der Waals surface area contributed by atoms with Gasteiger partial charge in [-0.25, -0.2) is 0 Å². The van der Waals surface area contributed by atoms with E-state index in [-0.39, 0.29) is 22.8 Å². The number of likely N-dealkylation sites (tertiary alicyclic amines) is 1. The van der Waals surface area contributed by atoms with E-state index < -0.39 is 11.7 Å². The van der Waals surface area contributed by atoms with Crippen LogP contribution in [-0.4, -0.2) is 50.2 Å². The molecule has 1 aliphatic heterocycles.